The summed E-state index contributed by atoms with van der Waals surface area (Å²) in [6.45, 7) is 0. The molecule has 1 heterocycles. The van der Waals surface area contributed by atoms with Gasteiger partial charge in [-0.25, -0.2) is 9.78 Å². The van der Waals surface area contributed by atoms with Gasteiger partial charge in [0.1, 0.15) is 10.2 Å². The van der Waals surface area contributed by atoms with Crippen LogP contribution >= 0.6 is 15.9 Å². The monoisotopic (exact) mass is 295 g/mol. The SMILES string of the molecule is O=C(O)/C(=C/c1cccc(Br)n1)C(F)(F)F. The zero-order chi connectivity index (χ0) is 12.3. The molecule has 0 saturated carbocycles. The van der Waals surface area contributed by atoms with Crippen molar-refractivity contribution >= 4 is 28.0 Å². The minimum Gasteiger partial charge on any atom is -0.478 e. The Bertz CT molecular complexity index is 443. The normalized spacial score (nSPS) is 12.6. The van der Waals surface area contributed by atoms with Crippen molar-refractivity contribution in [3.8, 4) is 0 Å². The summed E-state index contributed by atoms with van der Waals surface area (Å²) in [5, 5.41) is 8.41. The van der Waals surface area contributed by atoms with Gasteiger partial charge < -0.3 is 5.11 Å². The van der Waals surface area contributed by atoms with E-state index in [1.54, 1.807) is 0 Å². The first kappa shape index (κ1) is 12.7. The highest BCUT2D eigenvalue weighted by Crippen LogP contribution is 2.27. The van der Waals surface area contributed by atoms with Gasteiger partial charge in [0, 0.05) is 0 Å². The van der Waals surface area contributed by atoms with E-state index in [1.165, 1.54) is 18.2 Å². The first-order valence-electron chi connectivity index (χ1n) is 3.95. The van der Waals surface area contributed by atoms with Crippen molar-refractivity contribution in [1.29, 1.82) is 0 Å². The van der Waals surface area contributed by atoms with Gasteiger partial charge in [0.05, 0.1) is 5.69 Å². The molecule has 3 nitrogen and oxygen atoms in total. The maximum atomic E-state index is 12.3. The molecule has 16 heavy (non-hydrogen) atoms. The Hall–Kier alpha value is -1.37. The van der Waals surface area contributed by atoms with Gasteiger partial charge in [-0.2, -0.15) is 13.2 Å². The molecule has 0 amide bonds. The molecule has 0 aliphatic carbocycles. The number of aliphatic carboxylic acids is 1. The zero-order valence-corrected chi connectivity index (χ0v) is 9.21. The third kappa shape index (κ3) is 3.34. The highest BCUT2D eigenvalue weighted by atomic mass is 79.9. The van der Waals surface area contributed by atoms with Crippen molar-refractivity contribution in [3.05, 3.63) is 34.1 Å². The minimum atomic E-state index is -4.91. The molecule has 86 valence electrons. The van der Waals surface area contributed by atoms with E-state index in [9.17, 15) is 18.0 Å². The number of hydrogen-bond acceptors (Lipinski definition) is 2. The Morgan fingerprint density at radius 1 is 1.44 bits per heavy atom. The van der Waals surface area contributed by atoms with E-state index < -0.39 is 17.7 Å². The van der Waals surface area contributed by atoms with E-state index in [1.807, 2.05) is 0 Å². The van der Waals surface area contributed by atoms with Crippen LogP contribution in [-0.4, -0.2) is 22.2 Å². The van der Waals surface area contributed by atoms with Gasteiger partial charge in [0.25, 0.3) is 0 Å². The molecule has 1 rings (SSSR count). The van der Waals surface area contributed by atoms with Gasteiger partial charge in [0.15, 0.2) is 0 Å². The number of carbonyl (C=O) groups is 1. The third-order valence-corrected chi connectivity index (χ3v) is 2.01. The second-order valence-electron chi connectivity index (χ2n) is 2.75. The quantitative estimate of drug-likeness (QED) is 0.674. The molecule has 0 aromatic carbocycles. The average Bonchev–Trinajstić information content (AvgIpc) is 2.12. The van der Waals surface area contributed by atoms with Gasteiger partial charge in [-0.3, -0.25) is 0 Å². The summed E-state index contributed by atoms with van der Waals surface area (Å²) >= 11 is 2.97. The lowest BCUT2D eigenvalue weighted by molar-refractivity contribution is -0.144. The molecule has 7 heteroatoms. The van der Waals surface area contributed by atoms with Gasteiger partial charge in [-0.1, -0.05) is 6.07 Å². The fourth-order valence-electron chi connectivity index (χ4n) is 0.917. The smallest absolute Gasteiger partial charge is 0.423 e. The lowest BCUT2D eigenvalue weighted by Gasteiger charge is -2.06. The predicted octanol–water partition coefficient (Wildman–Crippen LogP) is 2.87. The molecule has 1 aromatic rings. The van der Waals surface area contributed by atoms with Crippen molar-refractivity contribution in [2.45, 2.75) is 6.18 Å². The molecular formula is C9H5BrF3NO2. The summed E-state index contributed by atoms with van der Waals surface area (Å²) in [7, 11) is 0. The Morgan fingerprint density at radius 3 is 2.50 bits per heavy atom. The molecule has 0 radical (unpaired) electrons. The van der Waals surface area contributed by atoms with Crippen LogP contribution in [-0.2, 0) is 4.79 Å². The zero-order valence-electron chi connectivity index (χ0n) is 7.62. The number of hydrogen-bond donors (Lipinski definition) is 1. The largest absolute Gasteiger partial charge is 0.478 e. The number of carboxylic acid groups (broad SMARTS) is 1. The van der Waals surface area contributed by atoms with Crippen LogP contribution in [0, 0.1) is 0 Å². The lowest BCUT2D eigenvalue weighted by Crippen LogP contribution is -2.19. The minimum absolute atomic E-state index is 0.0795. The molecular weight excluding hydrogens is 291 g/mol. The lowest BCUT2D eigenvalue weighted by atomic mass is 10.2. The summed E-state index contributed by atoms with van der Waals surface area (Å²) in [6.07, 6.45) is -4.43. The van der Waals surface area contributed by atoms with E-state index in [0.29, 0.717) is 10.7 Å². The highest BCUT2D eigenvalue weighted by molar-refractivity contribution is 9.10. The number of pyridine rings is 1. The average molecular weight is 296 g/mol. The van der Waals surface area contributed by atoms with Crippen molar-refractivity contribution < 1.29 is 23.1 Å². The molecule has 0 aliphatic heterocycles. The number of rotatable bonds is 2. The summed E-state index contributed by atoms with van der Waals surface area (Å²) in [5.74, 6) is -2.03. The maximum Gasteiger partial charge on any atom is 0.423 e. The van der Waals surface area contributed by atoms with Crippen LogP contribution < -0.4 is 0 Å². The molecule has 0 atom stereocenters. The Morgan fingerprint density at radius 2 is 2.06 bits per heavy atom. The van der Waals surface area contributed by atoms with E-state index in [0.717, 1.165) is 0 Å². The number of halogens is 4. The first-order chi connectivity index (χ1) is 7.30. The standard InChI is InChI=1S/C9H5BrF3NO2/c10-7-3-1-2-5(14-7)4-6(8(15)16)9(11,12)13/h1-4H,(H,15,16)/b6-4-. The van der Waals surface area contributed by atoms with Gasteiger partial charge >= 0.3 is 12.1 Å². The molecule has 0 fully saturated rings. The topological polar surface area (TPSA) is 50.2 Å². The number of carboxylic acids is 1. The summed E-state index contributed by atoms with van der Waals surface area (Å²) < 4.78 is 37.1. The van der Waals surface area contributed by atoms with E-state index in [2.05, 4.69) is 20.9 Å². The van der Waals surface area contributed by atoms with Gasteiger partial charge in [-0.15, -0.1) is 0 Å². The van der Waals surface area contributed by atoms with Crippen LogP contribution in [0.5, 0.6) is 0 Å². The Balaban J connectivity index is 3.18. The van der Waals surface area contributed by atoms with Gasteiger partial charge in [0.2, 0.25) is 0 Å². The van der Waals surface area contributed by atoms with Crippen LogP contribution in [0.1, 0.15) is 5.69 Å². The Labute approximate surface area is 96.7 Å². The van der Waals surface area contributed by atoms with Crippen LogP contribution in [0.15, 0.2) is 28.4 Å². The van der Waals surface area contributed by atoms with Crippen LogP contribution in [0.4, 0.5) is 13.2 Å². The molecule has 1 aromatic heterocycles. The highest BCUT2D eigenvalue weighted by Gasteiger charge is 2.38. The van der Waals surface area contributed by atoms with Crippen molar-refractivity contribution in [3.63, 3.8) is 0 Å². The molecule has 1 N–H and O–H groups in total. The van der Waals surface area contributed by atoms with Crippen LogP contribution in [0.25, 0.3) is 6.08 Å². The first-order valence-corrected chi connectivity index (χ1v) is 4.75. The molecule has 0 aliphatic rings. The van der Waals surface area contributed by atoms with Crippen LogP contribution in [0.2, 0.25) is 0 Å². The van der Waals surface area contributed by atoms with Crippen molar-refractivity contribution in [2.24, 2.45) is 0 Å². The third-order valence-electron chi connectivity index (χ3n) is 1.56. The number of aromatic nitrogens is 1. The second kappa shape index (κ2) is 4.65. The molecule has 0 saturated heterocycles. The van der Waals surface area contributed by atoms with E-state index in [-0.39, 0.29) is 5.69 Å². The van der Waals surface area contributed by atoms with Crippen molar-refractivity contribution in [2.75, 3.05) is 0 Å². The summed E-state index contributed by atoms with van der Waals surface area (Å²) in [6, 6.07) is 4.25. The number of nitrogens with zero attached hydrogens (tertiary/aromatic N) is 1. The van der Waals surface area contributed by atoms with E-state index >= 15 is 0 Å². The molecule has 0 unspecified atom stereocenters. The second-order valence-corrected chi connectivity index (χ2v) is 3.56. The predicted molar refractivity (Wildman–Crippen MR) is 53.6 cm³/mol. The van der Waals surface area contributed by atoms with Crippen LogP contribution in [0.3, 0.4) is 0 Å². The fraction of sp³-hybridized carbons (Fsp3) is 0.111. The molecule has 0 bridgehead atoms. The Kier molecular flexibility index (Phi) is 3.69. The summed E-state index contributed by atoms with van der Waals surface area (Å²) in [5.41, 5.74) is -1.73. The van der Waals surface area contributed by atoms with Gasteiger partial charge in [-0.05, 0) is 34.1 Å². The molecule has 0 spiro atoms. The maximum absolute atomic E-state index is 12.3. The number of alkyl halides is 3. The van der Waals surface area contributed by atoms with Crippen molar-refractivity contribution in [1.82, 2.24) is 4.98 Å². The summed E-state index contributed by atoms with van der Waals surface area (Å²) in [4.78, 5) is 14.1. The fourth-order valence-corrected chi connectivity index (χ4v) is 1.27. The van der Waals surface area contributed by atoms with E-state index in [4.69, 9.17) is 5.11 Å².